The van der Waals surface area contributed by atoms with Crippen LogP contribution < -0.4 is 4.90 Å². The minimum Gasteiger partial charge on any atom is -0.371 e. The second kappa shape index (κ2) is 6.75. The molecule has 3 aliphatic rings. The average Bonchev–Trinajstić information content (AvgIpc) is 2.98. The molecule has 3 heterocycles. The first-order valence-corrected chi connectivity index (χ1v) is 10.8. The number of anilines is 1. The zero-order valence-electron chi connectivity index (χ0n) is 14.7. The van der Waals surface area contributed by atoms with Gasteiger partial charge in [-0.3, -0.25) is 14.9 Å². The molecule has 0 aromatic heterocycles. The Labute approximate surface area is 157 Å². The van der Waals surface area contributed by atoms with Gasteiger partial charge in [0.15, 0.2) is 9.84 Å². The Hall–Kier alpha value is -2.20. The molecule has 1 amide bonds. The molecule has 2 atom stereocenters. The van der Waals surface area contributed by atoms with Crippen molar-refractivity contribution < 1.29 is 22.9 Å². The number of hydrogen-bond donors (Lipinski definition) is 0. The number of morpholine rings is 1. The molecule has 0 spiro atoms. The van der Waals surface area contributed by atoms with E-state index in [9.17, 15) is 23.3 Å². The topological polar surface area (TPSA) is 110 Å². The zero-order chi connectivity index (χ0) is 19.2. The highest BCUT2D eigenvalue weighted by molar-refractivity contribution is 7.91. The summed E-state index contributed by atoms with van der Waals surface area (Å²) in [6.07, 6.45) is 2.05. The number of hydrogen-bond acceptors (Lipinski definition) is 7. The van der Waals surface area contributed by atoms with E-state index in [0.29, 0.717) is 24.3 Å². The first-order chi connectivity index (χ1) is 12.8. The van der Waals surface area contributed by atoms with Crippen LogP contribution in [0.3, 0.4) is 0 Å². The lowest BCUT2D eigenvalue weighted by Gasteiger charge is -2.35. The number of nitro groups is 1. The van der Waals surface area contributed by atoms with Crippen LogP contribution in [-0.4, -0.2) is 74.0 Å². The number of nitro benzene ring substituents is 1. The van der Waals surface area contributed by atoms with Crippen LogP contribution in [0.25, 0.3) is 0 Å². The van der Waals surface area contributed by atoms with Crippen LogP contribution in [-0.2, 0) is 14.6 Å². The summed E-state index contributed by atoms with van der Waals surface area (Å²) in [7, 11) is -3.10. The van der Waals surface area contributed by atoms with Gasteiger partial charge in [0, 0.05) is 38.3 Å². The van der Waals surface area contributed by atoms with E-state index in [0.717, 1.165) is 12.8 Å². The number of fused-ring (bicyclic) bond motifs is 2. The third-order valence-corrected chi connectivity index (χ3v) is 7.05. The molecule has 27 heavy (non-hydrogen) atoms. The molecule has 1 unspecified atom stereocenters. The Kier molecular flexibility index (Phi) is 4.55. The summed E-state index contributed by atoms with van der Waals surface area (Å²) in [6, 6.07) is 4.25. The number of sulfone groups is 1. The van der Waals surface area contributed by atoms with Gasteiger partial charge in [0.2, 0.25) is 0 Å². The van der Waals surface area contributed by atoms with Gasteiger partial charge in [0.1, 0.15) is 0 Å². The normalized spacial score (nSPS) is 26.8. The van der Waals surface area contributed by atoms with Crippen molar-refractivity contribution in [2.24, 2.45) is 0 Å². The number of carbonyl (C=O) groups excluding carboxylic acids is 1. The van der Waals surface area contributed by atoms with E-state index >= 15 is 0 Å². The molecular weight excluding hydrogens is 374 g/mol. The molecule has 0 saturated carbocycles. The van der Waals surface area contributed by atoms with Crippen molar-refractivity contribution in [1.29, 1.82) is 0 Å². The van der Waals surface area contributed by atoms with Gasteiger partial charge in [-0.2, -0.15) is 0 Å². The summed E-state index contributed by atoms with van der Waals surface area (Å²) in [5, 5.41) is 11.2. The van der Waals surface area contributed by atoms with Crippen LogP contribution in [0.1, 0.15) is 23.2 Å². The number of non-ortho nitro benzene ring substituents is 1. The predicted molar refractivity (Wildman–Crippen MR) is 97.8 cm³/mol. The SMILES string of the molecule is O=C(c1ccc([N+](=O)[O-])cc1N1CC2CC[C@@H](C1)O2)N1CCS(=O)(=O)CC1. The molecule has 0 N–H and O–H groups in total. The van der Waals surface area contributed by atoms with Crippen LogP contribution >= 0.6 is 0 Å². The van der Waals surface area contributed by atoms with Gasteiger partial charge in [-0.1, -0.05) is 0 Å². The summed E-state index contributed by atoms with van der Waals surface area (Å²) in [5.74, 6) is -0.389. The molecule has 0 radical (unpaired) electrons. The van der Waals surface area contributed by atoms with Crippen LogP contribution in [0.15, 0.2) is 18.2 Å². The molecule has 3 saturated heterocycles. The van der Waals surface area contributed by atoms with Crippen molar-refractivity contribution in [3.8, 4) is 0 Å². The monoisotopic (exact) mass is 395 g/mol. The zero-order valence-corrected chi connectivity index (χ0v) is 15.6. The van der Waals surface area contributed by atoms with Gasteiger partial charge in [-0.05, 0) is 18.9 Å². The van der Waals surface area contributed by atoms with Crippen LogP contribution in [0.5, 0.6) is 0 Å². The first-order valence-electron chi connectivity index (χ1n) is 9.01. The van der Waals surface area contributed by atoms with Crippen molar-refractivity contribution in [2.75, 3.05) is 42.6 Å². The first kappa shape index (κ1) is 18.2. The molecule has 1 aromatic rings. The van der Waals surface area contributed by atoms with E-state index < -0.39 is 14.8 Å². The molecule has 3 fully saturated rings. The van der Waals surface area contributed by atoms with E-state index in [1.54, 1.807) is 0 Å². The van der Waals surface area contributed by atoms with Crippen LogP contribution in [0, 0.1) is 10.1 Å². The molecule has 0 aliphatic carbocycles. The number of rotatable bonds is 3. The Morgan fingerprint density at radius 3 is 2.37 bits per heavy atom. The van der Waals surface area contributed by atoms with Crippen LogP contribution in [0.4, 0.5) is 11.4 Å². The fraction of sp³-hybridized carbons (Fsp3) is 0.588. The van der Waals surface area contributed by atoms with Crippen molar-refractivity contribution in [2.45, 2.75) is 25.0 Å². The number of ether oxygens (including phenoxy) is 1. The maximum Gasteiger partial charge on any atom is 0.271 e. The van der Waals surface area contributed by atoms with Crippen molar-refractivity contribution in [1.82, 2.24) is 4.90 Å². The molecule has 2 bridgehead atoms. The maximum atomic E-state index is 13.0. The smallest absolute Gasteiger partial charge is 0.271 e. The van der Waals surface area contributed by atoms with Gasteiger partial charge in [-0.15, -0.1) is 0 Å². The quantitative estimate of drug-likeness (QED) is 0.551. The van der Waals surface area contributed by atoms with Crippen molar-refractivity contribution in [3.05, 3.63) is 33.9 Å². The summed E-state index contributed by atoms with van der Waals surface area (Å²) >= 11 is 0. The Balaban J connectivity index is 1.65. The molecule has 3 aliphatic heterocycles. The fourth-order valence-corrected chi connectivity index (χ4v) is 5.17. The van der Waals surface area contributed by atoms with E-state index in [1.165, 1.54) is 23.1 Å². The van der Waals surface area contributed by atoms with E-state index in [2.05, 4.69) is 0 Å². The lowest BCUT2D eigenvalue weighted by Crippen LogP contribution is -2.46. The number of carbonyl (C=O) groups is 1. The fourth-order valence-electron chi connectivity index (χ4n) is 3.97. The molecule has 9 nitrogen and oxygen atoms in total. The Morgan fingerprint density at radius 1 is 1.15 bits per heavy atom. The average molecular weight is 395 g/mol. The summed E-state index contributed by atoms with van der Waals surface area (Å²) in [5.41, 5.74) is 0.839. The summed E-state index contributed by atoms with van der Waals surface area (Å²) < 4.78 is 29.1. The lowest BCUT2D eigenvalue weighted by molar-refractivity contribution is -0.384. The Bertz CT molecular complexity index is 861. The number of nitrogens with zero attached hydrogens (tertiary/aromatic N) is 3. The number of amides is 1. The highest BCUT2D eigenvalue weighted by atomic mass is 32.2. The lowest BCUT2D eigenvalue weighted by atomic mass is 10.1. The van der Waals surface area contributed by atoms with Gasteiger partial charge >= 0.3 is 0 Å². The molecule has 146 valence electrons. The highest BCUT2D eigenvalue weighted by Crippen LogP contribution is 2.34. The van der Waals surface area contributed by atoms with Crippen molar-refractivity contribution >= 4 is 27.1 Å². The van der Waals surface area contributed by atoms with Gasteiger partial charge in [-0.25, -0.2) is 8.42 Å². The predicted octanol–water partition coefficient (Wildman–Crippen LogP) is 0.833. The molecule has 10 heteroatoms. The largest absolute Gasteiger partial charge is 0.371 e. The van der Waals surface area contributed by atoms with Gasteiger partial charge in [0.05, 0.1) is 39.9 Å². The summed E-state index contributed by atoms with van der Waals surface area (Å²) in [6.45, 7) is 1.47. The van der Waals surface area contributed by atoms with E-state index in [-0.39, 0.29) is 48.4 Å². The third-order valence-electron chi connectivity index (χ3n) is 5.44. The van der Waals surface area contributed by atoms with Gasteiger partial charge in [0.25, 0.3) is 11.6 Å². The number of benzene rings is 1. The van der Waals surface area contributed by atoms with Crippen LogP contribution in [0.2, 0.25) is 0 Å². The molecule has 4 rings (SSSR count). The minimum atomic E-state index is -3.10. The Morgan fingerprint density at radius 2 is 1.78 bits per heavy atom. The van der Waals surface area contributed by atoms with E-state index in [1.807, 2.05) is 4.90 Å². The maximum absolute atomic E-state index is 13.0. The van der Waals surface area contributed by atoms with Crippen molar-refractivity contribution in [3.63, 3.8) is 0 Å². The van der Waals surface area contributed by atoms with E-state index in [4.69, 9.17) is 4.74 Å². The second-order valence-corrected chi connectivity index (χ2v) is 9.57. The third kappa shape index (κ3) is 3.63. The molecular formula is C17H21N3O6S. The molecule has 1 aromatic carbocycles. The second-order valence-electron chi connectivity index (χ2n) is 7.27. The minimum absolute atomic E-state index is 0.0528. The summed E-state index contributed by atoms with van der Waals surface area (Å²) in [4.78, 5) is 27.3. The highest BCUT2D eigenvalue weighted by Gasteiger charge is 2.36. The van der Waals surface area contributed by atoms with Gasteiger partial charge < -0.3 is 14.5 Å². The standard InChI is InChI=1S/C17H21N3O6S/c21-17(18-5-7-27(24,25)8-6-18)15-4-1-12(20(22)23)9-16(15)19-10-13-2-3-14(11-19)26-13/h1,4,9,13-14H,2-3,5-8,10-11H2/t13-,14?/m0/s1.